The quantitative estimate of drug-likeness (QED) is 0.399. The van der Waals surface area contributed by atoms with Crippen LogP contribution in [0.5, 0.6) is 0 Å². The minimum Gasteiger partial charge on any atom is -0.373 e. The largest absolute Gasteiger partial charge is 0.373 e. The Bertz CT molecular complexity index is 321. The topological polar surface area (TPSA) is 18.5 Å². The molecule has 0 aliphatic heterocycles. The second-order valence-corrected chi connectivity index (χ2v) is 8.52. The first kappa shape index (κ1) is 16.0. The van der Waals surface area contributed by atoms with Crippen LogP contribution in [0, 0.1) is 17.3 Å². The van der Waals surface area contributed by atoms with Gasteiger partial charge in [0, 0.05) is 4.43 Å². The van der Waals surface area contributed by atoms with Gasteiger partial charge in [-0.05, 0) is 57.3 Å². The van der Waals surface area contributed by atoms with Gasteiger partial charge in [0.05, 0.1) is 24.4 Å². The molecule has 2 aliphatic rings. The first-order valence-electron chi connectivity index (χ1n) is 7.57. The number of ether oxygens (including phenoxy) is 2. The Morgan fingerprint density at radius 1 is 1.11 bits per heavy atom. The summed E-state index contributed by atoms with van der Waals surface area (Å²) in [6.45, 7) is 12.6. The molecule has 112 valence electrons. The lowest BCUT2D eigenvalue weighted by molar-refractivity contribution is -0.153. The monoisotopic (exact) mass is 380 g/mol. The van der Waals surface area contributed by atoms with E-state index in [2.05, 4.69) is 57.2 Å². The normalized spacial score (nSPS) is 36.9. The van der Waals surface area contributed by atoms with Crippen LogP contribution >= 0.6 is 22.6 Å². The summed E-state index contributed by atoms with van der Waals surface area (Å²) >= 11 is 2.53. The van der Waals surface area contributed by atoms with Gasteiger partial charge in [0.1, 0.15) is 0 Å². The van der Waals surface area contributed by atoms with Crippen molar-refractivity contribution in [2.75, 3.05) is 17.6 Å². The Kier molecular flexibility index (Phi) is 4.60. The van der Waals surface area contributed by atoms with Crippen LogP contribution < -0.4 is 0 Å². The highest BCUT2D eigenvalue weighted by atomic mass is 127. The summed E-state index contributed by atoms with van der Waals surface area (Å²) in [5.41, 5.74) is 0.335. The lowest BCUT2D eigenvalue weighted by atomic mass is 9.66. The van der Waals surface area contributed by atoms with E-state index in [4.69, 9.17) is 9.47 Å². The third-order valence-corrected chi connectivity index (χ3v) is 6.51. The molecule has 2 nitrogen and oxygen atoms in total. The van der Waals surface area contributed by atoms with Gasteiger partial charge in [-0.2, -0.15) is 0 Å². The van der Waals surface area contributed by atoms with E-state index in [1.165, 1.54) is 19.3 Å². The predicted molar refractivity (Wildman–Crippen MR) is 87.9 cm³/mol. The SMILES string of the molecule is CC(C)(C)OCCOC1(CI)C2CCC(C2)C1(C)C. The van der Waals surface area contributed by atoms with Crippen LogP contribution in [0.4, 0.5) is 0 Å². The van der Waals surface area contributed by atoms with Gasteiger partial charge in [0.15, 0.2) is 0 Å². The summed E-state index contributed by atoms with van der Waals surface area (Å²) < 4.78 is 13.4. The highest BCUT2D eigenvalue weighted by Crippen LogP contribution is 2.63. The zero-order valence-electron chi connectivity index (χ0n) is 13.1. The van der Waals surface area contributed by atoms with Crippen molar-refractivity contribution in [3.8, 4) is 0 Å². The molecule has 19 heavy (non-hydrogen) atoms. The Morgan fingerprint density at radius 2 is 1.74 bits per heavy atom. The number of halogens is 1. The van der Waals surface area contributed by atoms with Crippen LogP contribution in [-0.2, 0) is 9.47 Å². The number of rotatable bonds is 5. The van der Waals surface area contributed by atoms with Gasteiger partial charge in [-0.1, -0.05) is 36.4 Å². The van der Waals surface area contributed by atoms with Crippen molar-refractivity contribution < 1.29 is 9.47 Å². The van der Waals surface area contributed by atoms with Gasteiger partial charge in [-0.15, -0.1) is 0 Å². The summed E-state index contributed by atoms with van der Waals surface area (Å²) in [5.74, 6) is 1.62. The van der Waals surface area contributed by atoms with Crippen molar-refractivity contribution in [2.45, 2.75) is 65.1 Å². The van der Waals surface area contributed by atoms with Crippen molar-refractivity contribution in [1.29, 1.82) is 0 Å². The van der Waals surface area contributed by atoms with Crippen molar-refractivity contribution in [3.05, 3.63) is 0 Å². The molecule has 0 radical (unpaired) electrons. The molecule has 3 heteroatoms. The predicted octanol–water partition coefficient (Wildman–Crippen LogP) is 4.45. The number of alkyl halides is 1. The second-order valence-electron chi connectivity index (χ2n) is 7.76. The Balaban J connectivity index is 1.96. The van der Waals surface area contributed by atoms with Gasteiger partial charge in [0.2, 0.25) is 0 Å². The molecule has 0 saturated heterocycles. The van der Waals surface area contributed by atoms with E-state index >= 15 is 0 Å². The average Bonchev–Trinajstić information content (AvgIpc) is 2.83. The smallest absolute Gasteiger partial charge is 0.0853 e. The average molecular weight is 380 g/mol. The van der Waals surface area contributed by atoms with Crippen LogP contribution in [0.2, 0.25) is 0 Å². The Labute approximate surface area is 132 Å². The lowest BCUT2D eigenvalue weighted by Gasteiger charge is -2.49. The van der Waals surface area contributed by atoms with E-state index < -0.39 is 0 Å². The van der Waals surface area contributed by atoms with E-state index in [0.29, 0.717) is 12.0 Å². The van der Waals surface area contributed by atoms with E-state index in [9.17, 15) is 0 Å². The van der Waals surface area contributed by atoms with E-state index in [1.54, 1.807) is 0 Å². The first-order valence-corrected chi connectivity index (χ1v) is 9.09. The summed E-state index contributed by atoms with van der Waals surface area (Å²) in [6.07, 6.45) is 4.13. The van der Waals surface area contributed by atoms with E-state index in [0.717, 1.165) is 22.9 Å². The fraction of sp³-hybridized carbons (Fsp3) is 1.00. The van der Waals surface area contributed by atoms with Gasteiger partial charge in [-0.3, -0.25) is 0 Å². The van der Waals surface area contributed by atoms with Crippen molar-refractivity contribution in [2.24, 2.45) is 17.3 Å². The maximum atomic E-state index is 6.45. The molecule has 0 amide bonds. The summed E-state index contributed by atoms with van der Waals surface area (Å²) in [4.78, 5) is 0. The molecule has 0 aromatic heterocycles. The minimum absolute atomic E-state index is 0.0644. The molecule has 0 N–H and O–H groups in total. The molecule has 3 atom stereocenters. The molecule has 0 aromatic carbocycles. The molecule has 2 saturated carbocycles. The van der Waals surface area contributed by atoms with Crippen molar-refractivity contribution in [3.63, 3.8) is 0 Å². The van der Waals surface area contributed by atoms with E-state index in [1.807, 2.05) is 0 Å². The highest BCUT2D eigenvalue weighted by Gasteiger charge is 2.63. The summed E-state index contributed by atoms with van der Waals surface area (Å²) in [6, 6.07) is 0. The number of hydrogen-bond acceptors (Lipinski definition) is 2. The third kappa shape index (κ3) is 2.84. The highest BCUT2D eigenvalue weighted by molar-refractivity contribution is 14.1. The molecule has 0 spiro atoms. The van der Waals surface area contributed by atoms with Crippen LogP contribution in [0.25, 0.3) is 0 Å². The van der Waals surface area contributed by atoms with Gasteiger partial charge < -0.3 is 9.47 Å². The summed E-state index contributed by atoms with van der Waals surface area (Å²) in [5, 5.41) is 0. The molecule has 0 heterocycles. The van der Waals surface area contributed by atoms with Crippen LogP contribution in [-0.4, -0.2) is 28.8 Å². The van der Waals surface area contributed by atoms with Crippen LogP contribution in [0.3, 0.4) is 0 Å². The lowest BCUT2D eigenvalue weighted by Crippen LogP contribution is -2.53. The fourth-order valence-corrected chi connectivity index (χ4v) is 5.95. The second kappa shape index (κ2) is 5.45. The zero-order chi connectivity index (χ0) is 14.3. The number of hydrogen-bond donors (Lipinski definition) is 0. The fourth-order valence-electron chi connectivity index (χ4n) is 4.13. The molecule has 2 rings (SSSR count). The van der Waals surface area contributed by atoms with Crippen molar-refractivity contribution >= 4 is 22.6 Å². The minimum atomic E-state index is -0.0644. The maximum absolute atomic E-state index is 6.45. The molecular formula is C16H29IO2. The molecule has 3 unspecified atom stereocenters. The Morgan fingerprint density at radius 3 is 2.21 bits per heavy atom. The van der Waals surface area contributed by atoms with Gasteiger partial charge in [0.25, 0.3) is 0 Å². The molecule has 2 aliphatic carbocycles. The third-order valence-electron chi connectivity index (χ3n) is 5.38. The maximum Gasteiger partial charge on any atom is 0.0853 e. The first-order chi connectivity index (χ1) is 8.73. The van der Waals surface area contributed by atoms with Gasteiger partial charge >= 0.3 is 0 Å². The molecular weight excluding hydrogens is 351 g/mol. The van der Waals surface area contributed by atoms with Crippen LogP contribution in [0.1, 0.15) is 53.9 Å². The standard InChI is InChI=1S/C16H29IO2/c1-14(2,3)18-8-9-19-16(11-17)13-7-6-12(10-13)15(16,4)5/h12-13H,6-11H2,1-5H3. The van der Waals surface area contributed by atoms with Gasteiger partial charge in [-0.25, -0.2) is 0 Å². The molecule has 2 fully saturated rings. The van der Waals surface area contributed by atoms with E-state index in [-0.39, 0.29) is 11.2 Å². The molecule has 0 aromatic rings. The van der Waals surface area contributed by atoms with Crippen molar-refractivity contribution in [1.82, 2.24) is 0 Å². The molecule has 2 bridgehead atoms. The Hall–Kier alpha value is 0.650. The van der Waals surface area contributed by atoms with Crippen LogP contribution in [0.15, 0.2) is 0 Å². The zero-order valence-corrected chi connectivity index (χ0v) is 15.2. The summed E-state index contributed by atoms with van der Waals surface area (Å²) in [7, 11) is 0. The number of fused-ring (bicyclic) bond motifs is 2.